The Kier molecular flexibility index (Phi) is 5.61. The van der Waals surface area contributed by atoms with Gasteiger partial charge in [0.2, 0.25) is 5.95 Å². The van der Waals surface area contributed by atoms with Crippen LogP contribution >= 0.6 is 15.9 Å². The van der Waals surface area contributed by atoms with Crippen LogP contribution in [-0.2, 0) is 4.74 Å². The molecule has 0 spiro atoms. The van der Waals surface area contributed by atoms with Crippen LogP contribution < -0.4 is 10.2 Å². The molecule has 2 heterocycles. The molecule has 1 N–H and O–H groups in total. The van der Waals surface area contributed by atoms with E-state index in [4.69, 9.17) is 4.74 Å². The fourth-order valence-electron chi connectivity index (χ4n) is 2.45. The Morgan fingerprint density at radius 1 is 1.41 bits per heavy atom. The first-order chi connectivity index (χ1) is 10.3. The summed E-state index contributed by atoms with van der Waals surface area (Å²) >= 11 is 3.35. The third kappa shape index (κ3) is 5.12. The topological polar surface area (TPSA) is 67.3 Å². The molecule has 1 aromatic heterocycles. The van der Waals surface area contributed by atoms with Gasteiger partial charge in [0, 0.05) is 31.5 Å². The van der Waals surface area contributed by atoms with Crippen LogP contribution in [0, 0.1) is 0 Å². The number of piperidine rings is 1. The van der Waals surface area contributed by atoms with Crippen molar-refractivity contribution in [3.05, 3.63) is 16.9 Å². The molecule has 1 fully saturated rings. The number of nitrogens with one attached hydrogen (secondary N) is 1. The van der Waals surface area contributed by atoms with Gasteiger partial charge in [-0.3, -0.25) is 0 Å². The van der Waals surface area contributed by atoms with Crippen LogP contribution in [0.4, 0.5) is 10.7 Å². The minimum absolute atomic E-state index is 0.197. The molecule has 0 saturated carbocycles. The summed E-state index contributed by atoms with van der Waals surface area (Å²) in [6.45, 7) is 7.01. The van der Waals surface area contributed by atoms with Crippen molar-refractivity contribution in [2.24, 2.45) is 0 Å². The molecule has 0 aromatic carbocycles. The van der Waals surface area contributed by atoms with Crippen molar-refractivity contribution in [3.8, 4) is 0 Å². The SMILES string of the molecule is CC(C)(C)OC(=O)NCC1CCCCN1c1ncc(Br)cn1. The van der Waals surface area contributed by atoms with E-state index >= 15 is 0 Å². The largest absolute Gasteiger partial charge is 0.444 e. The Morgan fingerprint density at radius 2 is 2.09 bits per heavy atom. The van der Waals surface area contributed by atoms with Crippen molar-refractivity contribution in [3.63, 3.8) is 0 Å². The molecule has 0 aliphatic carbocycles. The van der Waals surface area contributed by atoms with E-state index in [0.717, 1.165) is 30.3 Å². The number of rotatable bonds is 3. The number of carbonyl (C=O) groups excluding carboxylic acids is 1. The minimum atomic E-state index is -0.481. The van der Waals surface area contributed by atoms with E-state index in [1.54, 1.807) is 12.4 Å². The van der Waals surface area contributed by atoms with Gasteiger partial charge in [-0.25, -0.2) is 14.8 Å². The maximum Gasteiger partial charge on any atom is 0.407 e. The van der Waals surface area contributed by atoms with Crippen molar-refractivity contribution in [2.75, 3.05) is 18.0 Å². The lowest BCUT2D eigenvalue weighted by atomic mass is 10.0. The van der Waals surface area contributed by atoms with E-state index in [1.807, 2.05) is 20.8 Å². The summed E-state index contributed by atoms with van der Waals surface area (Å²) in [5, 5.41) is 2.85. The average molecular weight is 371 g/mol. The van der Waals surface area contributed by atoms with E-state index < -0.39 is 5.60 Å². The van der Waals surface area contributed by atoms with Gasteiger partial charge in [0.15, 0.2) is 0 Å². The molecule has 22 heavy (non-hydrogen) atoms. The molecule has 1 aromatic rings. The van der Waals surface area contributed by atoms with Crippen LogP contribution in [0.25, 0.3) is 0 Å². The maximum absolute atomic E-state index is 11.8. The summed E-state index contributed by atoms with van der Waals surface area (Å²) in [4.78, 5) is 22.7. The Balaban J connectivity index is 1.95. The molecule has 1 aliphatic rings. The molecule has 1 atom stereocenters. The molecule has 6 nitrogen and oxygen atoms in total. The van der Waals surface area contributed by atoms with Crippen molar-refractivity contribution in [1.29, 1.82) is 0 Å². The minimum Gasteiger partial charge on any atom is -0.444 e. The monoisotopic (exact) mass is 370 g/mol. The zero-order chi connectivity index (χ0) is 16.2. The predicted molar refractivity (Wildman–Crippen MR) is 89.0 cm³/mol. The second kappa shape index (κ2) is 7.26. The fraction of sp³-hybridized carbons (Fsp3) is 0.667. The first-order valence-electron chi connectivity index (χ1n) is 7.56. The highest BCUT2D eigenvalue weighted by Crippen LogP contribution is 2.22. The predicted octanol–water partition coefficient (Wildman–Crippen LogP) is 3.12. The average Bonchev–Trinajstić information content (AvgIpc) is 2.45. The number of nitrogens with zero attached hydrogens (tertiary/aromatic N) is 3. The zero-order valence-electron chi connectivity index (χ0n) is 13.3. The lowest BCUT2D eigenvalue weighted by Crippen LogP contribution is -2.48. The number of aromatic nitrogens is 2. The molecule has 7 heteroatoms. The third-order valence-corrected chi connectivity index (χ3v) is 3.78. The number of alkyl carbamates (subject to hydrolysis) is 1. The third-order valence-electron chi connectivity index (χ3n) is 3.37. The molecular formula is C15H23BrN4O2. The quantitative estimate of drug-likeness (QED) is 0.884. The molecular weight excluding hydrogens is 348 g/mol. The Morgan fingerprint density at radius 3 is 2.73 bits per heavy atom. The van der Waals surface area contributed by atoms with Gasteiger partial charge in [0.25, 0.3) is 0 Å². The Bertz CT molecular complexity index is 501. The van der Waals surface area contributed by atoms with Crippen LogP contribution in [0.5, 0.6) is 0 Å². The number of ether oxygens (including phenoxy) is 1. The first-order valence-corrected chi connectivity index (χ1v) is 8.35. The van der Waals surface area contributed by atoms with Gasteiger partial charge < -0.3 is 15.0 Å². The molecule has 0 radical (unpaired) electrons. The van der Waals surface area contributed by atoms with Crippen molar-refractivity contribution in [1.82, 2.24) is 15.3 Å². The summed E-state index contributed by atoms with van der Waals surface area (Å²) in [5.41, 5.74) is -0.481. The van der Waals surface area contributed by atoms with Gasteiger partial charge in [-0.2, -0.15) is 0 Å². The van der Waals surface area contributed by atoms with Gasteiger partial charge in [-0.05, 0) is 56.0 Å². The van der Waals surface area contributed by atoms with Gasteiger partial charge in [0.1, 0.15) is 5.60 Å². The number of halogens is 1. The molecule has 2 rings (SSSR count). The van der Waals surface area contributed by atoms with Crippen LogP contribution in [0.2, 0.25) is 0 Å². The Hall–Kier alpha value is -1.37. The summed E-state index contributed by atoms with van der Waals surface area (Å²) in [7, 11) is 0. The second-order valence-corrected chi connectivity index (χ2v) is 7.34. The van der Waals surface area contributed by atoms with E-state index in [0.29, 0.717) is 12.5 Å². The van der Waals surface area contributed by atoms with Crippen LogP contribution in [0.1, 0.15) is 40.0 Å². The summed E-state index contributed by atoms with van der Waals surface area (Å²) in [5.74, 6) is 0.707. The molecule has 122 valence electrons. The van der Waals surface area contributed by atoms with Crippen molar-refractivity contribution >= 4 is 28.0 Å². The molecule has 0 bridgehead atoms. The van der Waals surface area contributed by atoms with Crippen LogP contribution in [-0.4, -0.2) is 40.8 Å². The van der Waals surface area contributed by atoms with E-state index in [-0.39, 0.29) is 12.1 Å². The number of hydrogen-bond acceptors (Lipinski definition) is 5. The Labute approximate surface area is 139 Å². The van der Waals surface area contributed by atoms with Gasteiger partial charge in [0.05, 0.1) is 4.47 Å². The lowest BCUT2D eigenvalue weighted by molar-refractivity contribution is 0.0522. The van der Waals surface area contributed by atoms with Crippen LogP contribution in [0.3, 0.4) is 0 Å². The summed E-state index contributed by atoms with van der Waals surface area (Å²) in [6.07, 6.45) is 6.38. The number of carbonyl (C=O) groups is 1. The molecule has 1 unspecified atom stereocenters. The molecule has 1 aliphatic heterocycles. The molecule has 1 amide bonds. The highest BCUT2D eigenvalue weighted by Gasteiger charge is 2.25. The van der Waals surface area contributed by atoms with E-state index in [2.05, 4.69) is 36.1 Å². The highest BCUT2D eigenvalue weighted by atomic mass is 79.9. The summed E-state index contributed by atoms with van der Waals surface area (Å²) in [6, 6.07) is 0.197. The zero-order valence-corrected chi connectivity index (χ0v) is 14.9. The van der Waals surface area contributed by atoms with Crippen molar-refractivity contribution < 1.29 is 9.53 Å². The highest BCUT2D eigenvalue weighted by molar-refractivity contribution is 9.10. The van der Waals surface area contributed by atoms with E-state index in [9.17, 15) is 4.79 Å². The smallest absolute Gasteiger partial charge is 0.407 e. The van der Waals surface area contributed by atoms with E-state index in [1.165, 1.54) is 0 Å². The summed E-state index contributed by atoms with van der Waals surface area (Å²) < 4.78 is 6.14. The lowest BCUT2D eigenvalue weighted by Gasteiger charge is -2.35. The number of anilines is 1. The standard InChI is InChI=1S/C15H23BrN4O2/c1-15(2,3)22-14(21)19-10-12-6-4-5-7-20(12)13-17-8-11(16)9-18-13/h8-9,12H,4-7,10H2,1-3H3,(H,19,21). The first kappa shape index (κ1) is 17.0. The van der Waals surface area contributed by atoms with Gasteiger partial charge >= 0.3 is 6.09 Å². The number of amides is 1. The number of hydrogen-bond donors (Lipinski definition) is 1. The van der Waals surface area contributed by atoms with Crippen molar-refractivity contribution in [2.45, 2.75) is 51.7 Å². The van der Waals surface area contributed by atoms with Gasteiger partial charge in [-0.1, -0.05) is 0 Å². The normalized spacial score (nSPS) is 18.9. The van der Waals surface area contributed by atoms with Crippen LogP contribution in [0.15, 0.2) is 16.9 Å². The fourth-order valence-corrected chi connectivity index (χ4v) is 2.65. The molecule has 1 saturated heterocycles. The van der Waals surface area contributed by atoms with Gasteiger partial charge in [-0.15, -0.1) is 0 Å². The maximum atomic E-state index is 11.8. The second-order valence-electron chi connectivity index (χ2n) is 6.43.